The average Bonchev–Trinajstić information content (AvgIpc) is 2.32. The number of rotatable bonds is 3. The monoisotopic (exact) mass is 226 g/mol. The van der Waals surface area contributed by atoms with E-state index in [0.29, 0.717) is 6.42 Å². The van der Waals surface area contributed by atoms with Crippen molar-refractivity contribution in [3.63, 3.8) is 0 Å². The van der Waals surface area contributed by atoms with Crippen molar-refractivity contribution >= 4 is 5.78 Å². The van der Waals surface area contributed by atoms with Crippen molar-refractivity contribution in [2.75, 3.05) is 0 Å². The summed E-state index contributed by atoms with van der Waals surface area (Å²) in [6.45, 7) is 1.93. The van der Waals surface area contributed by atoms with Crippen molar-refractivity contribution in [1.29, 1.82) is 0 Å². The van der Waals surface area contributed by atoms with Crippen molar-refractivity contribution in [3.8, 4) is 5.75 Å². The second kappa shape index (κ2) is 4.83. The molecule has 86 valence electrons. The molecule has 0 heterocycles. The number of Topliss-reactive ketones (excluding diaryl/α,β-unsaturated/α-hetero) is 1. The molecular weight excluding hydrogens is 212 g/mol. The highest BCUT2D eigenvalue weighted by Gasteiger charge is 2.08. The average molecular weight is 226 g/mol. The highest BCUT2D eigenvalue weighted by atomic mass is 16.3. The number of phenolic OH excluding ortho intramolecular Hbond substituents is 1. The van der Waals surface area contributed by atoms with E-state index in [9.17, 15) is 4.79 Å². The number of carbonyl (C=O) groups excluding carboxylic acids is 1. The molecule has 2 nitrogen and oxygen atoms in total. The molecule has 0 aliphatic carbocycles. The van der Waals surface area contributed by atoms with Crippen LogP contribution in [0.25, 0.3) is 0 Å². The van der Waals surface area contributed by atoms with E-state index in [-0.39, 0.29) is 11.5 Å². The smallest absolute Gasteiger partial charge is 0.167 e. The van der Waals surface area contributed by atoms with Crippen molar-refractivity contribution < 1.29 is 9.90 Å². The number of carbonyl (C=O) groups is 1. The summed E-state index contributed by atoms with van der Waals surface area (Å²) in [5, 5.41) is 9.17. The summed E-state index contributed by atoms with van der Waals surface area (Å²) < 4.78 is 0. The summed E-state index contributed by atoms with van der Waals surface area (Å²) in [7, 11) is 0. The number of ketones is 1. The third kappa shape index (κ3) is 2.72. The number of hydrogen-bond acceptors (Lipinski definition) is 2. The predicted molar refractivity (Wildman–Crippen MR) is 67.3 cm³/mol. The van der Waals surface area contributed by atoms with Gasteiger partial charge in [0.15, 0.2) is 5.78 Å². The lowest BCUT2D eigenvalue weighted by Crippen LogP contribution is -2.05. The first kappa shape index (κ1) is 11.4. The molecular formula is C15H14O2. The fraction of sp³-hybridized carbons (Fsp3) is 0.133. The van der Waals surface area contributed by atoms with Gasteiger partial charge in [-0.3, -0.25) is 4.79 Å². The van der Waals surface area contributed by atoms with Gasteiger partial charge in [0.1, 0.15) is 5.75 Å². The second-order valence-corrected chi connectivity index (χ2v) is 4.08. The van der Waals surface area contributed by atoms with E-state index >= 15 is 0 Å². The van der Waals surface area contributed by atoms with Crippen molar-refractivity contribution in [2.24, 2.45) is 0 Å². The Bertz CT molecular complexity index is 527. The maximum Gasteiger partial charge on any atom is 0.167 e. The minimum atomic E-state index is 0.105. The van der Waals surface area contributed by atoms with Crippen LogP contribution in [0.3, 0.4) is 0 Å². The molecule has 2 aromatic rings. The van der Waals surface area contributed by atoms with Gasteiger partial charge in [0.25, 0.3) is 0 Å². The molecule has 0 saturated heterocycles. The lowest BCUT2D eigenvalue weighted by atomic mass is 9.99. The third-order valence-corrected chi connectivity index (χ3v) is 2.75. The van der Waals surface area contributed by atoms with Crippen LogP contribution in [0.4, 0.5) is 0 Å². The van der Waals surface area contributed by atoms with E-state index in [0.717, 1.165) is 16.7 Å². The van der Waals surface area contributed by atoms with Crippen molar-refractivity contribution in [3.05, 3.63) is 65.2 Å². The summed E-state index contributed by atoms with van der Waals surface area (Å²) in [5.41, 5.74) is 2.67. The van der Waals surface area contributed by atoms with E-state index in [1.807, 2.05) is 31.2 Å². The molecule has 1 N–H and O–H groups in total. The van der Waals surface area contributed by atoms with Crippen molar-refractivity contribution in [1.82, 2.24) is 0 Å². The van der Waals surface area contributed by atoms with Gasteiger partial charge >= 0.3 is 0 Å². The molecule has 0 fully saturated rings. The summed E-state index contributed by atoms with van der Waals surface area (Å²) in [6, 6.07) is 14.3. The first-order chi connectivity index (χ1) is 8.16. The summed E-state index contributed by atoms with van der Waals surface area (Å²) in [5.74, 6) is 0.325. The van der Waals surface area contributed by atoms with Crippen LogP contribution in [0.15, 0.2) is 48.5 Å². The number of aryl methyl sites for hydroxylation is 1. The van der Waals surface area contributed by atoms with Gasteiger partial charge in [0, 0.05) is 12.0 Å². The molecule has 0 spiro atoms. The molecule has 0 unspecified atom stereocenters. The first-order valence-electron chi connectivity index (χ1n) is 5.53. The van der Waals surface area contributed by atoms with Crippen molar-refractivity contribution in [2.45, 2.75) is 13.3 Å². The van der Waals surface area contributed by atoms with Gasteiger partial charge in [-0.15, -0.1) is 0 Å². The topological polar surface area (TPSA) is 37.3 Å². The highest BCUT2D eigenvalue weighted by molar-refractivity contribution is 5.98. The van der Waals surface area contributed by atoms with Gasteiger partial charge < -0.3 is 5.11 Å². The van der Waals surface area contributed by atoms with Crippen LogP contribution in [-0.4, -0.2) is 10.9 Å². The minimum absolute atomic E-state index is 0.105. The van der Waals surface area contributed by atoms with E-state index in [1.54, 1.807) is 24.3 Å². The fourth-order valence-electron chi connectivity index (χ4n) is 1.78. The Labute approximate surface area is 101 Å². The highest BCUT2D eigenvalue weighted by Crippen LogP contribution is 2.14. The van der Waals surface area contributed by atoms with Crippen LogP contribution in [-0.2, 0) is 6.42 Å². The molecule has 2 heteroatoms. The van der Waals surface area contributed by atoms with E-state index in [1.165, 1.54) is 0 Å². The molecule has 17 heavy (non-hydrogen) atoms. The second-order valence-electron chi connectivity index (χ2n) is 4.08. The molecule has 0 radical (unpaired) electrons. The normalized spacial score (nSPS) is 10.2. The number of phenols is 1. The van der Waals surface area contributed by atoms with Gasteiger partial charge in [-0.05, 0) is 30.2 Å². The number of hydrogen-bond donors (Lipinski definition) is 1. The largest absolute Gasteiger partial charge is 0.508 e. The quantitative estimate of drug-likeness (QED) is 0.816. The van der Waals surface area contributed by atoms with Gasteiger partial charge in [0.2, 0.25) is 0 Å². The lowest BCUT2D eigenvalue weighted by Gasteiger charge is -2.04. The molecule has 0 bridgehead atoms. The standard InChI is InChI=1S/C15H14O2/c1-11-4-2-3-5-14(11)15(17)10-12-6-8-13(16)9-7-12/h2-9,16H,10H2,1H3. The molecule has 0 saturated carbocycles. The SMILES string of the molecule is Cc1ccccc1C(=O)Cc1ccc(O)cc1. The van der Waals surface area contributed by atoms with Crippen LogP contribution < -0.4 is 0 Å². The third-order valence-electron chi connectivity index (χ3n) is 2.75. The van der Waals surface area contributed by atoms with Gasteiger partial charge in [-0.25, -0.2) is 0 Å². The summed E-state index contributed by atoms with van der Waals surface area (Å²) >= 11 is 0. The molecule has 2 aromatic carbocycles. The minimum Gasteiger partial charge on any atom is -0.508 e. The Morgan fingerprint density at radius 3 is 2.35 bits per heavy atom. The van der Waals surface area contributed by atoms with E-state index in [2.05, 4.69) is 0 Å². The van der Waals surface area contributed by atoms with Crippen LogP contribution >= 0.6 is 0 Å². The maximum atomic E-state index is 12.1. The van der Waals surface area contributed by atoms with Gasteiger partial charge in [-0.2, -0.15) is 0 Å². The van der Waals surface area contributed by atoms with E-state index in [4.69, 9.17) is 5.11 Å². The Kier molecular flexibility index (Phi) is 3.24. The Morgan fingerprint density at radius 1 is 1.06 bits per heavy atom. The lowest BCUT2D eigenvalue weighted by molar-refractivity contribution is 0.0992. The van der Waals surface area contributed by atoms with Gasteiger partial charge in [0.05, 0.1) is 0 Å². The van der Waals surface area contributed by atoms with Gasteiger partial charge in [-0.1, -0.05) is 36.4 Å². The zero-order valence-electron chi connectivity index (χ0n) is 9.68. The Morgan fingerprint density at radius 2 is 1.71 bits per heavy atom. The zero-order chi connectivity index (χ0) is 12.3. The molecule has 0 aromatic heterocycles. The van der Waals surface area contributed by atoms with Crippen LogP contribution in [0, 0.1) is 6.92 Å². The first-order valence-corrected chi connectivity index (χ1v) is 5.53. The molecule has 0 aliphatic rings. The predicted octanol–water partition coefficient (Wildman–Crippen LogP) is 3.13. The van der Waals surface area contributed by atoms with E-state index < -0.39 is 0 Å². The van der Waals surface area contributed by atoms with Crippen LogP contribution in [0.2, 0.25) is 0 Å². The number of benzene rings is 2. The Balaban J connectivity index is 2.17. The maximum absolute atomic E-state index is 12.1. The van der Waals surface area contributed by atoms with Crippen LogP contribution in [0.1, 0.15) is 21.5 Å². The Hall–Kier alpha value is -2.09. The molecule has 2 rings (SSSR count). The summed E-state index contributed by atoms with van der Waals surface area (Å²) in [6.07, 6.45) is 0.366. The molecule has 0 amide bonds. The molecule has 0 atom stereocenters. The fourth-order valence-corrected chi connectivity index (χ4v) is 1.78. The molecule has 0 aliphatic heterocycles. The summed E-state index contributed by atoms with van der Waals surface area (Å²) in [4.78, 5) is 12.1. The zero-order valence-corrected chi connectivity index (χ0v) is 9.68. The van der Waals surface area contributed by atoms with Crippen LogP contribution in [0.5, 0.6) is 5.75 Å². The number of aromatic hydroxyl groups is 1.